The van der Waals surface area contributed by atoms with Crippen molar-refractivity contribution >= 4 is 71.1 Å². The van der Waals surface area contributed by atoms with Gasteiger partial charge in [-0.2, -0.15) is 16.8 Å². The van der Waals surface area contributed by atoms with Gasteiger partial charge in [-0.1, -0.05) is 0 Å². The highest BCUT2D eigenvalue weighted by molar-refractivity contribution is 7.86. The molecule has 0 aromatic heterocycles. The number of aromatic hydroxyl groups is 1. The van der Waals surface area contributed by atoms with Gasteiger partial charge >= 0.3 is 5.97 Å². The van der Waals surface area contributed by atoms with E-state index in [0.717, 1.165) is 18.2 Å². The van der Waals surface area contributed by atoms with Crippen LogP contribution in [-0.2, 0) is 20.2 Å². The summed E-state index contributed by atoms with van der Waals surface area (Å²) in [4.78, 5) is 9.90. The number of carboxylic acids is 1. The number of phenolic OH excluding ortho intramolecular Hbond substituents is 1. The van der Waals surface area contributed by atoms with Gasteiger partial charge in [0.25, 0.3) is 20.2 Å². The number of carboxylic acid groups (broad SMARTS) is 1. The number of aliphatic hydroxyl groups excluding tert-OH is 1. The molecule has 0 saturated carbocycles. The lowest BCUT2D eigenvalue weighted by molar-refractivity contribution is 0.0697. The molecule has 0 atom stereocenters. The van der Waals surface area contributed by atoms with E-state index in [2.05, 4.69) is 20.5 Å². The summed E-state index contributed by atoms with van der Waals surface area (Å²) >= 11 is 0. The Morgan fingerprint density at radius 3 is 1.96 bits per heavy atom. The predicted octanol–water partition coefficient (Wildman–Crippen LogP) is 4.50. The number of ether oxygens (including phenoxy) is 2. The zero-order valence-corrected chi connectivity index (χ0v) is 25.7. The molecule has 0 unspecified atom stereocenters. The highest BCUT2D eigenvalue weighted by Crippen LogP contribution is 2.45. The van der Waals surface area contributed by atoms with Crippen LogP contribution in [0.2, 0.25) is 0 Å². The zero-order valence-electron chi connectivity index (χ0n) is 24.1. The first-order chi connectivity index (χ1) is 22.0. The molecule has 0 aliphatic rings. The average molecular weight is 691 g/mol. The predicted molar refractivity (Wildman–Crippen MR) is 166 cm³/mol. The Morgan fingerprint density at radius 2 is 1.38 bits per heavy atom. The molecule has 0 radical (unpaired) electrons. The summed E-state index contributed by atoms with van der Waals surface area (Å²) in [5.74, 6) is -2.26. The maximum atomic E-state index is 12.3. The molecule has 4 rings (SSSR count). The summed E-state index contributed by atoms with van der Waals surface area (Å²) in [7, 11) is -9.97. The molecule has 0 spiro atoms. The highest BCUT2D eigenvalue weighted by atomic mass is 32.2. The Morgan fingerprint density at radius 1 is 0.809 bits per heavy atom. The number of hydrogen-bond acceptors (Lipinski definition) is 15. The summed E-state index contributed by atoms with van der Waals surface area (Å²) < 4.78 is 78.5. The number of aliphatic hydroxyl groups is 1. The van der Waals surface area contributed by atoms with Gasteiger partial charge in [-0.05, 0) is 48.7 Å². The van der Waals surface area contributed by atoms with Crippen LogP contribution in [0.4, 0.5) is 34.1 Å². The van der Waals surface area contributed by atoms with Crippen molar-refractivity contribution in [3.8, 4) is 17.2 Å². The zero-order chi connectivity index (χ0) is 34.7. The fourth-order valence-electron chi connectivity index (χ4n) is 4.17. The van der Waals surface area contributed by atoms with Crippen LogP contribution >= 0.6 is 0 Å². The van der Waals surface area contributed by atoms with Gasteiger partial charge in [0.1, 0.15) is 50.6 Å². The van der Waals surface area contributed by atoms with Gasteiger partial charge in [-0.15, -0.1) is 20.5 Å². The summed E-state index contributed by atoms with van der Waals surface area (Å²) in [6.07, 6.45) is 0. The summed E-state index contributed by atoms with van der Waals surface area (Å²) in [5, 5.41) is 45.2. The van der Waals surface area contributed by atoms with Crippen molar-refractivity contribution < 1.29 is 55.5 Å². The second-order valence-corrected chi connectivity index (χ2v) is 12.2. The molecule has 0 aliphatic heterocycles. The Balaban J connectivity index is 1.90. The van der Waals surface area contributed by atoms with E-state index in [0.29, 0.717) is 0 Å². The number of rotatable bonds is 12. The maximum absolute atomic E-state index is 12.3. The fraction of sp³-hybridized carbons (Fsp3) is 0.148. The Kier molecular flexibility index (Phi) is 9.92. The third-order valence-corrected chi connectivity index (χ3v) is 7.98. The van der Waals surface area contributed by atoms with E-state index in [1.54, 1.807) is 6.92 Å². The van der Waals surface area contributed by atoms with Crippen LogP contribution in [0.15, 0.2) is 78.8 Å². The summed E-state index contributed by atoms with van der Waals surface area (Å²) in [6, 6.07) is 9.00. The largest absolute Gasteiger partial charge is 0.505 e. The number of nitrogens with zero attached hydrogens (tertiary/aromatic N) is 4. The quantitative estimate of drug-likeness (QED) is 0.0611. The molecule has 248 valence electrons. The normalized spacial score (nSPS) is 12.3. The number of carbonyl (C=O) groups is 1. The Hall–Kier alpha value is -5.41. The van der Waals surface area contributed by atoms with Gasteiger partial charge in [0.05, 0.1) is 24.5 Å². The molecule has 0 fully saturated rings. The topological polar surface area (TPSA) is 306 Å². The van der Waals surface area contributed by atoms with E-state index in [-0.39, 0.29) is 63.8 Å². The molecule has 0 saturated heterocycles. The Bertz CT molecular complexity index is 2170. The molecule has 20 heteroatoms. The van der Waals surface area contributed by atoms with Crippen molar-refractivity contribution in [1.29, 1.82) is 0 Å². The second kappa shape index (κ2) is 13.5. The molecule has 0 aliphatic carbocycles. The minimum absolute atomic E-state index is 0.0178. The Labute approximate surface area is 266 Å². The van der Waals surface area contributed by atoms with Gasteiger partial charge in [-0.3, -0.25) is 9.11 Å². The third kappa shape index (κ3) is 7.70. The van der Waals surface area contributed by atoms with Crippen molar-refractivity contribution in [3.63, 3.8) is 0 Å². The van der Waals surface area contributed by atoms with Crippen molar-refractivity contribution in [1.82, 2.24) is 0 Å². The first-order valence-electron chi connectivity index (χ1n) is 13.1. The van der Waals surface area contributed by atoms with Crippen molar-refractivity contribution in [2.45, 2.75) is 16.7 Å². The van der Waals surface area contributed by atoms with Gasteiger partial charge in [0, 0.05) is 23.2 Å². The van der Waals surface area contributed by atoms with Crippen LogP contribution in [0.3, 0.4) is 0 Å². The van der Waals surface area contributed by atoms with Gasteiger partial charge < -0.3 is 36.3 Å². The first kappa shape index (κ1) is 34.5. The van der Waals surface area contributed by atoms with Crippen molar-refractivity contribution in [3.05, 3.63) is 54.1 Å². The van der Waals surface area contributed by atoms with E-state index < -0.39 is 59.7 Å². The summed E-state index contributed by atoms with van der Waals surface area (Å²) in [6.45, 7) is 1.04. The summed E-state index contributed by atoms with van der Waals surface area (Å²) in [5.41, 5.74) is 9.92. The molecular weight excluding hydrogens is 664 g/mol. The van der Waals surface area contributed by atoms with Crippen LogP contribution < -0.4 is 20.9 Å². The lowest BCUT2D eigenvalue weighted by atomic mass is 10.1. The molecule has 47 heavy (non-hydrogen) atoms. The number of benzene rings is 4. The molecule has 0 bridgehead atoms. The lowest BCUT2D eigenvalue weighted by Gasteiger charge is -2.13. The minimum atomic E-state index is -5.13. The standard InChI is InChI=1S/C27H26N6O12S2/c1-2-44-21-11-20(22(45-6-5-34)12-19(21)31-30-18-4-3-14(28)9-16(18)27(36)37)32-33-25-24(47(41,42)43)8-13-7-23(46(38,39)40)17(29)10-15(13)26(25)35/h3-4,7-12,34-35H,2,5-6,28-29H2,1H3,(H,36,37)(H,38,39,40)(H,41,42,43). The molecule has 0 heterocycles. The van der Waals surface area contributed by atoms with Crippen molar-refractivity contribution in [2.24, 2.45) is 20.5 Å². The number of hydrogen-bond donors (Lipinski definition) is 7. The number of phenols is 1. The number of nitrogen functional groups attached to an aromatic ring is 2. The molecule has 4 aromatic rings. The maximum Gasteiger partial charge on any atom is 0.338 e. The van der Waals surface area contributed by atoms with Gasteiger partial charge in [0.2, 0.25) is 0 Å². The average Bonchev–Trinajstić information content (AvgIpc) is 2.98. The third-order valence-electron chi connectivity index (χ3n) is 6.20. The van der Waals surface area contributed by atoms with E-state index in [1.807, 2.05) is 0 Å². The van der Waals surface area contributed by atoms with Crippen molar-refractivity contribution in [2.75, 3.05) is 31.3 Å². The smallest absolute Gasteiger partial charge is 0.338 e. The number of fused-ring (bicyclic) bond motifs is 1. The van der Waals surface area contributed by atoms with E-state index >= 15 is 0 Å². The monoisotopic (exact) mass is 690 g/mol. The van der Waals surface area contributed by atoms with E-state index in [1.165, 1.54) is 30.3 Å². The minimum Gasteiger partial charge on any atom is -0.505 e. The number of azo groups is 2. The van der Waals surface area contributed by atoms with Gasteiger partial charge in [-0.25, -0.2) is 4.79 Å². The van der Waals surface area contributed by atoms with Crippen LogP contribution in [0.1, 0.15) is 17.3 Å². The molecule has 0 amide bonds. The van der Waals surface area contributed by atoms with Crippen LogP contribution in [0.25, 0.3) is 10.8 Å². The SMILES string of the molecule is CCOc1cc(N=Nc2c(S(=O)(=O)O)cc3cc(S(=O)(=O)O)c(N)cc3c2O)c(OCCO)cc1N=Nc1ccc(N)cc1C(=O)O. The van der Waals surface area contributed by atoms with Crippen LogP contribution in [0.5, 0.6) is 17.2 Å². The fourth-order valence-corrected chi connectivity index (χ4v) is 5.46. The lowest BCUT2D eigenvalue weighted by Crippen LogP contribution is -2.04. The molecular formula is C27H26N6O12S2. The molecule has 9 N–H and O–H groups in total. The second-order valence-electron chi connectivity index (χ2n) is 9.41. The highest BCUT2D eigenvalue weighted by Gasteiger charge is 2.25. The number of nitrogens with two attached hydrogens (primary N) is 2. The van der Waals surface area contributed by atoms with Crippen LogP contribution in [0, 0.1) is 0 Å². The molecule has 18 nitrogen and oxygen atoms in total. The van der Waals surface area contributed by atoms with E-state index in [4.69, 9.17) is 20.9 Å². The number of anilines is 2. The van der Waals surface area contributed by atoms with Crippen LogP contribution in [-0.4, -0.2) is 67.1 Å². The molecule has 4 aromatic carbocycles. The van der Waals surface area contributed by atoms with E-state index in [9.17, 15) is 46.1 Å². The number of aromatic carboxylic acids is 1. The van der Waals surface area contributed by atoms with Gasteiger partial charge in [0.15, 0.2) is 5.75 Å². The first-order valence-corrected chi connectivity index (χ1v) is 16.0.